The SMILES string of the molecule is Cc1cccc(NC(=O)CN2CCN(CC3(C)CCNC3)CC2)c1C. The molecule has 1 aromatic rings. The molecular formula is C20H32N4O. The smallest absolute Gasteiger partial charge is 0.238 e. The number of amides is 1. The number of carbonyl (C=O) groups excluding carboxylic acids is 1. The van der Waals surface area contributed by atoms with Crippen molar-refractivity contribution in [1.82, 2.24) is 15.1 Å². The van der Waals surface area contributed by atoms with Crippen molar-refractivity contribution in [2.45, 2.75) is 27.2 Å². The molecule has 0 aromatic heterocycles. The monoisotopic (exact) mass is 344 g/mol. The highest BCUT2D eigenvalue weighted by molar-refractivity contribution is 5.93. The minimum atomic E-state index is 0.0918. The Labute approximate surface area is 151 Å². The van der Waals surface area contributed by atoms with Crippen LogP contribution < -0.4 is 10.6 Å². The van der Waals surface area contributed by atoms with Crippen molar-refractivity contribution < 1.29 is 4.79 Å². The van der Waals surface area contributed by atoms with Crippen molar-refractivity contribution in [1.29, 1.82) is 0 Å². The molecule has 3 rings (SSSR count). The van der Waals surface area contributed by atoms with Gasteiger partial charge in [0.2, 0.25) is 5.91 Å². The summed E-state index contributed by atoms with van der Waals surface area (Å²) in [5.74, 6) is 0.0918. The summed E-state index contributed by atoms with van der Waals surface area (Å²) in [6.07, 6.45) is 1.27. The molecule has 5 nitrogen and oxygen atoms in total. The molecule has 0 bridgehead atoms. The van der Waals surface area contributed by atoms with E-state index in [0.717, 1.165) is 50.5 Å². The zero-order valence-electron chi connectivity index (χ0n) is 15.9. The molecule has 2 aliphatic rings. The maximum Gasteiger partial charge on any atom is 0.238 e. The zero-order valence-corrected chi connectivity index (χ0v) is 15.9. The van der Waals surface area contributed by atoms with E-state index >= 15 is 0 Å². The van der Waals surface area contributed by atoms with Gasteiger partial charge in [-0.05, 0) is 49.4 Å². The van der Waals surface area contributed by atoms with Crippen LogP contribution in [0.3, 0.4) is 0 Å². The molecule has 5 heteroatoms. The van der Waals surface area contributed by atoms with Crippen LogP contribution in [0.5, 0.6) is 0 Å². The molecule has 1 aromatic carbocycles. The van der Waals surface area contributed by atoms with Gasteiger partial charge in [0.1, 0.15) is 0 Å². The third-order valence-electron chi connectivity index (χ3n) is 5.77. The first-order chi connectivity index (χ1) is 12.0. The van der Waals surface area contributed by atoms with Crippen LogP contribution in [0, 0.1) is 19.3 Å². The number of hydrogen-bond acceptors (Lipinski definition) is 4. The van der Waals surface area contributed by atoms with Crippen LogP contribution in [0.4, 0.5) is 5.69 Å². The lowest BCUT2D eigenvalue weighted by Gasteiger charge is -2.38. The second kappa shape index (κ2) is 7.85. The number of benzene rings is 1. The molecule has 0 spiro atoms. The number of hydrogen-bond donors (Lipinski definition) is 2. The highest BCUT2D eigenvalue weighted by atomic mass is 16.2. The standard InChI is InChI=1S/C20H32N4O/c1-16-5-4-6-18(17(16)2)22-19(25)13-23-9-11-24(12-10-23)15-20(3)7-8-21-14-20/h4-6,21H,7-15H2,1-3H3,(H,22,25). The molecule has 138 valence electrons. The molecule has 2 aliphatic heterocycles. The van der Waals surface area contributed by atoms with Crippen molar-refractivity contribution in [2.75, 3.05) is 57.7 Å². The Balaban J connectivity index is 1.44. The van der Waals surface area contributed by atoms with Crippen LogP contribution in [0.1, 0.15) is 24.5 Å². The quantitative estimate of drug-likeness (QED) is 0.856. The summed E-state index contributed by atoms with van der Waals surface area (Å²) in [4.78, 5) is 17.2. The summed E-state index contributed by atoms with van der Waals surface area (Å²) in [6.45, 7) is 14.5. The number of piperazine rings is 1. The fourth-order valence-corrected chi connectivity index (χ4v) is 3.93. The summed E-state index contributed by atoms with van der Waals surface area (Å²) >= 11 is 0. The van der Waals surface area contributed by atoms with Crippen LogP contribution in [-0.4, -0.2) is 68.1 Å². The van der Waals surface area contributed by atoms with Gasteiger partial charge in [-0.3, -0.25) is 9.69 Å². The Hall–Kier alpha value is -1.43. The third kappa shape index (κ3) is 4.81. The normalized spacial score (nSPS) is 25.2. The molecular weight excluding hydrogens is 312 g/mol. The van der Waals surface area contributed by atoms with Gasteiger partial charge in [-0.25, -0.2) is 0 Å². The summed E-state index contributed by atoms with van der Waals surface area (Å²) in [7, 11) is 0. The molecule has 0 saturated carbocycles. The van der Waals surface area contributed by atoms with Gasteiger partial charge in [0.05, 0.1) is 6.54 Å². The number of nitrogens with one attached hydrogen (secondary N) is 2. The van der Waals surface area contributed by atoms with E-state index in [-0.39, 0.29) is 5.91 Å². The van der Waals surface area contributed by atoms with E-state index in [9.17, 15) is 4.79 Å². The van der Waals surface area contributed by atoms with Gasteiger partial charge in [0, 0.05) is 45.0 Å². The van der Waals surface area contributed by atoms with E-state index in [1.54, 1.807) is 0 Å². The molecule has 0 aliphatic carbocycles. The van der Waals surface area contributed by atoms with Gasteiger partial charge in [-0.15, -0.1) is 0 Å². The van der Waals surface area contributed by atoms with Crippen molar-refractivity contribution in [2.24, 2.45) is 5.41 Å². The Kier molecular flexibility index (Phi) is 5.77. The van der Waals surface area contributed by atoms with Crippen molar-refractivity contribution in [3.05, 3.63) is 29.3 Å². The number of carbonyl (C=O) groups is 1. The molecule has 0 radical (unpaired) electrons. The number of rotatable bonds is 5. The molecule has 1 amide bonds. The van der Waals surface area contributed by atoms with Gasteiger partial charge in [-0.2, -0.15) is 0 Å². The number of nitrogens with zero attached hydrogens (tertiary/aromatic N) is 2. The highest BCUT2D eigenvalue weighted by Crippen LogP contribution is 2.26. The maximum atomic E-state index is 12.4. The van der Waals surface area contributed by atoms with Gasteiger partial charge >= 0.3 is 0 Å². The Morgan fingerprint density at radius 1 is 1.20 bits per heavy atom. The summed E-state index contributed by atoms with van der Waals surface area (Å²) in [6, 6.07) is 6.05. The predicted octanol–water partition coefficient (Wildman–Crippen LogP) is 1.86. The second-order valence-corrected chi connectivity index (χ2v) is 8.09. The number of anilines is 1. The molecule has 2 heterocycles. The molecule has 1 unspecified atom stereocenters. The van der Waals surface area contributed by atoms with E-state index in [4.69, 9.17) is 0 Å². The van der Waals surface area contributed by atoms with Crippen LogP contribution in [0.25, 0.3) is 0 Å². The van der Waals surface area contributed by atoms with Crippen LogP contribution in [0.2, 0.25) is 0 Å². The van der Waals surface area contributed by atoms with E-state index in [2.05, 4.69) is 47.3 Å². The Bertz CT molecular complexity index is 602. The second-order valence-electron chi connectivity index (χ2n) is 8.09. The first kappa shape index (κ1) is 18.4. The number of aryl methyl sites for hydroxylation is 1. The van der Waals surface area contributed by atoms with Crippen LogP contribution in [0.15, 0.2) is 18.2 Å². The Morgan fingerprint density at radius 2 is 1.92 bits per heavy atom. The molecule has 1 atom stereocenters. The third-order valence-corrected chi connectivity index (χ3v) is 5.77. The van der Waals surface area contributed by atoms with Crippen LogP contribution in [-0.2, 0) is 4.79 Å². The van der Waals surface area contributed by atoms with Gasteiger partial charge < -0.3 is 15.5 Å². The lowest BCUT2D eigenvalue weighted by atomic mass is 9.89. The average Bonchev–Trinajstić information content (AvgIpc) is 3.00. The topological polar surface area (TPSA) is 47.6 Å². The first-order valence-electron chi connectivity index (χ1n) is 9.47. The average molecular weight is 345 g/mol. The van der Waals surface area contributed by atoms with Gasteiger partial charge in [0.25, 0.3) is 0 Å². The molecule has 2 N–H and O–H groups in total. The first-order valence-corrected chi connectivity index (χ1v) is 9.47. The minimum Gasteiger partial charge on any atom is -0.325 e. The lowest BCUT2D eigenvalue weighted by Crippen LogP contribution is -2.51. The molecule has 2 saturated heterocycles. The molecule has 2 fully saturated rings. The minimum absolute atomic E-state index is 0.0918. The Morgan fingerprint density at radius 3 is 2.60 bits per heavy atom. The fraction of sp³-hybridized carbons (Fsp3) is 0.650. The fourth-order valence-electron chi connectivity index (χ4n) is 3.93. The van der Waals surface area contributed by atoms with Crippen molar-refractivity contribution in [3.8, 4) is 0 Å². The van der Waals surface area contributed by atoms with E-state index in [0.29, 0.717) is 12.0 Å². The van der Waals surface area contributed by atoms with E-state index < -0.39 is 0 Å². The molecule has 25 heavy (non-hydrogen) atoms. The van der Waals surface area contributed by atoms with Gasteiger partial charge in [0.15, 0.2) is 0 Å². The van der Waals surface area contributed by atoms with E-state index in [1.165, 1.54) is 18.5 Å². The predicted molar refractivity (Wildman–Crippen MR) is 103 cm³/mol. The summed E-state index contributed by atoms with van der Waals surface area (Å²) in [5, 5.41) is 6.55. The maximum absolute atomic E-state index is 12.4. The van der Waals surface area contributed by atoms with E-state index in [1.807, 2.05) is 12.1 Å². The largest absolute Gasteiger partial charge is 0.325 e. The summed E-state index contributed by atoms with van der Waals surface area (Å²) < 4.78 is 0. The van der Waals surface area contributed by atoms with Gasteiger partial charge in [-0.1, -0.05) is 19.1 Å². The highest BCUT2D eigenvalue weighted by Gasteiger charge is 2.31. The van der Waals surface area contributed by atoms with Crippen LogP contribution >= 0.6 is 0 Å². The summed E-state index contributed by atoms with van der Waals surface area (Å²) in [5.41, 5.74) is 3.72. The van der Waals surface area contributed by atoms with Crippen molar-refractivity contribution in [3.63, 3.8) is 0 Å². The zero-order chi connectivity index (χ0) is 17.9. The van der Waals surface area contributed by atoms with Crippen molar-refractivity contribution >= 4 is 11.6 Å². The lowest BCUT2D eigenvalue weighted by molar-refractivity contribution is -0.117.